The smallest absolute Gasteiger partial charge is 0.170 e. The molecule has 6 nitrogen and oxygen atoms in total. The number of rotatable bonds is 5. The summed E-state index contributed by atoms with van der Waals surface area (Å²) in [5, 5.41) is 22.4. The highest BCUT2D eigenvalue weighted by molar-refractivity contribution is 5.30. The third kappa shape index (κ3) is 3.18. The van der Waals surface area contributed by atoms with Crippen LogP contribution in [0.4, 0.5) is 0 Å². The number of para-hydroxylation sites is 1. The van der Waals surface area contributed by atoms with Crippen LogP contribution in [0.25, 0.3) is 5.69 Å². The summed E-state index contributed by atoms with van der Waals surface area (Å²) in [5.41, 5.74) is 0.965. The fraction of sp³-hybridized carbons (Fsp3) is 0.562. The zero-order chi connectivity index (χ0) is 15.4. The number of hydrogen-bond donors (Lipinski definition) is 1. The number of aliphatic hydroxyl groups excluding tert-OH is 1. The van der Waals surface area contributed by atoms with E-state index in [1.807, 2.05) is 37.3 Å². The third-order valence-corrected chi connectivity index (χ3v) is 4.41. The van der Waals surface area contributed by atoms with Gasteiger partial charge in [0.05, 0.1) is 18.3 Å². The lowest BCUT2D eigenvalue weighted by atomic mass is 9.96. The quantitative estimate of drug-likeness (QED) is 0.912. The second-order valence-electron chi connectivity index (χ2n) is 5.85. The van der Waals surface area contributed by atoms with Gasteiger partial charge in [0, 0.05) is 6.04 Å². The largest absolute Gasteiger partial charge is 0.392 e. The van der Waals surface area contributed by atoms with Gasteiger partial charge in [0.25, 0.3) is 0 Å². The highest BCUT2D eigenvalue weighted by atomic mass is 16.3. The van der Waals surface area contributed by atoms with E-state index in [1.54, 1.807) is 4.68 Å². The van der Waals surface area contributed by atoms with Gasteiger partial charge in [0.1, 0.15) is 0 Å². The topological polar surface area (TPSA) is 67.1 Å². The van der Waals surface area contributed by atoms with Crippen LogP contribution in [0.1, 0.15) is 38.4 Å². The Kier molecular flexibility index (Phi) is 4.80. The van der Waals surface area contributed by atoms with Gasteiger partial charge in [0.15, 0.2) is 5.82 Å². The molecule has 0 amide bonds. The van der Waals surface area contributed by atoms with Gasteiger partial charge in [-0.3, -0.25) is 4.90 Å². The molecule has 1 N–H and O–H groups in total. The van der Waals surface area contributed by atoms with Crippen molar-refractivity contribution in [3.8, 4) is 5.69 Å². The van der Waals surface area contributed by atoms with Crippen LogP contribution in [0, 0.1) is 0 Å². The molecule has 0 saturated carbocycles. The van der Waals surface area contributed by atoms with Crippen LogP contribution in [0.3, 0.4) is 0 Å². The first-order valence-electron chi connectivity index (χ1n) is 8.04. The Labute approximate surface area is 130 Å². The molecule has 1 saturated heterocycles. The van der Waals surface area contributed by atoms with Crippen LogP contribution in [0.5, 0.6) is 0 Å². The van der Waals surface area contributed by atoms with Crippen molar-refractivity contribution >= 4 is 0 Å². The van der Waals surface area contributed by atoms with Gasteiger partial charge >= 0.3 is 0 Å². The highest BCUT2D eigenvalue weighted by Gasteiger charge is 2.29. The van der Waals surface area contributed by atoms with Gasteiger partial charge in [0.2, 0.25) is 0 Å². The number of aliphatic hydroxyl groups is 1. The summed E-state index contributed by atoms with van der Waals surface area (Å²) in [6, 6.07) is 10.1. The molecule has 2 unspecified atom stereocenters. The van der Waals surface area contributed by atoms with E-state index in [9.17, 15) is 5.11 Å². The maximum absolute atomic E-state index is 10.3. The van der Waals surface area contributed by atoms with Crippen molar-refractivity contribution < 1.29 is 5.11 Å². The van der Waals surface area contributed by atoms with Crippen LogP contribution < -0.4 is 0 Å². The zero-order valence-corrected chi connectivity index (χ0v) is 13.0. The van der Waals surface area contributed by atoms with Crippen LogP contribution in [0.15, 0.2) is 30.3 Å². The van der Waals surface area contributed by atoms with E-state index < -0.39 is 0 Å². The molecule has 2 atom stereocenters. The monoisotopic (exact) mass is 301 g/mol. The van der Waals surface area contributed by atoms with E-state index in [1.165, 1.54) is 12.8 Å². The minimum absolute atomic E-state index is 0.208. The summed E-state index contributed by atoms with van der Waals surface area (Å²) in [5.74, 6) is 0.821. The van der Waals surface area contributed by atoms with E-state index in [2.05, 4.69) is 20.4 Å². The van der Waals surface area contributed by atoms with E-state index in [0.717, 1.165) is 30.9 Å². The Hall–Kier alpha value is -1.79. The van der Waals surface area contributed by atoms with Crippen molar-refractivity contribution in [2.75, 3.05) is 6.54 Å². The van der Waals surface area contributed by atoms with Crippen molar-refractivity contribution in [2.24, 2.45) is 0 Å². The van der Waals surface area contributed by atoms with Gasteiger partial charge < -0.3 is 5.11 Å². The average molecular weight is 301 g/mol. The normalized spacial score (nSPS) is 20.9. The summed E-state index contributed by atoms with van der Waals surface area (Å²) in [6.45, 7) is 3.69. The number of aromatic nitrogens is 4. The third-order valence-electron chi connectivity index (χ3n) is 4.41. The first-order valence-corrected chi connectivity index (χ1v) is 8.04. The van der Waals surface area contributed by atoms with Gasteiger partial charge in [-0.25, -0.2) is 0 Å². The molecule has 1 aromatic carbocycles. The molecule has 1 aromatic heterocycles. The van der Waals surface area contributed by atoms with Gasteiger partial charge in [-0.1, -0.05) is 31.5 Å². The van der Waals surface area contributed by atoms with Crippen molar-refractivity contribution in [1.82, 2.24) is 25.1 Å². The fourth-order valence-corrected chi connectivity index (χ4v) is 3.18. The Bertz CT molecular complexity index is 585. The minimum Gasteiger partial charge on any atom is -0.392 e. The molecule has 0 radical (unpaired) electrons. The molecule has 2 aromatic rings. The molecule has 22 heavy (non-hydrogen) atoms. The lowest BCUT2D eigenvalue weighted by Gasteiger charge is -2.37. The lowest BCUT2D eigenvalue weighted by Crippen LogP contribution is -2.46. The number of hydrogen-bond acceptors (Lipinski definition) is 5. The predicted molar refractivity (Wildman–Crippen MR) is 83.5 cm³/mol. The molecule has 6 heteroatoms. The number of piperidine rings is 1. The molecule has 1 aliphatic rings. The van der Waals surface area contributed by atoms with Gasteiger partial charge in [-0.05, 0) is 48.4 Å². The summed E-state index contributed by atoms with van der Waals surface area (Å²) >= 11 is 0. The Morgan fingerprint density at radius 3 is 2.86 bits per heavy atom. The average Bonchev–Trinajstić information content (AvgIpc) is 3.03. The molecule has 0 spiro atoms. The molecule has 3 rings (SSSR count). The standard InChI is InChI=1S/C16H23N5O/c1-2-15(22)14-10-6-7-11-20(14)12-16-17-18-19-21(16)13-8-4-3-5-9-13/h3-5,8-9,14-15,22H,2,6-7,10-12H2,1H3. The summed E-state index contributed by atoms with van der Waals surface area (Å²) < 4.78 is 1.78. The van der Waals surface area contributed by atoms with Crippen LogP contribution in [0.2, 0.25) is 0 Å². The van der Waals surface area contributed by atoms with Crippen LogP contribution >= 0.6 is 0 Å². The van der Waals surface area contributed by atoms with Crippen LogP contribution in [-0.4, -0.2) is 48.9 Å². The Morgan fingerprint density at radius 2 is 2.09 bits per heavy atom. The summed E-state index contributed by atoms with van der Waals surface area (Å²) in [7, 11) is 0. The maximum Gasteiger partial charge on any atom is 0.170 e. The number of benzene rings is 1. The second-order valence-corrected chi connectivity index (χ2v) is 5.85. The predicted octanol–water partition coefficient (Wildman–Crippen LogP) is 1.79. The number of tetrazole rings is 1. The SMILES string of the molecule is CCC(O)C1CCCCN1Cc1nnnn1-c1ccccc1. The zero-order valence-electron chi connectivity index (χ0n) is 13.0. The first-order chi connectivity index (χ1) is 10.8. The van der Waals surface area contributed by atoms with Gasteiger partial charge in [-0.15, -0.1) is 5.10 Å². The summed E-state index contributed by atoms with van der Waals surface area (Å²) in [6.07, 6.45) is 3.90. The van der Waals surface area contributed by atoms with Crippen LogP contribution in [-0.2, 0) is 6.54 Å². The number of likely N-dealkylation sites (tertiary alicyclic amines) is 1. The first kappa shape index (κ1) is 15.1. The maximum atomic E-state index is 10.3. The Balaban J connectivity index is 1.79. The molecule has 0 bridgehead atoms. The molecule has 2 heterocycles. The van der Waals surface area contributed by atoms with Crippen molar-refractivity contribution in [1.29, 1.82) is 0 Å². The molecule has 0 aliphatic carbocycles. The van der Waals surface area contributed by atoms with E-state index in [0.29, 0.717) is 6.54 Å². The van der Waals surface area contributed by atoms with Crippen molar-refractivity contribution in [3.63, 3.8) is 0 Å². The Morgan fingerprint density at radius 1 is 1.27 bits per heavy atom. The van der Waals surface area contributed by atoms with Crippen molar-refractivity contribution in [2.45, 2.75) is 51.3 Å². The minimum atomic E-state index is -0.277. The van der Waals surface area contributed by atoms with Gasteiger partial charge in [-0.2, -0.15) is 4.68 Å². The molecule has 1 fully saturated rings. The van der Waals surface area contributed by atoms with E-state index in [-0.39, 0.29) is 12.1 Å². The molecular weight excluding hydrogens is 278 g/mol. The molecular formula is C16H23N5O. The summed E-state index contributed by atoms with van der Waals surface area (Å²) in [4.78, 5) is 2.32. The highest BCUT2D eigenvalue weighted by Crippen LogP contribution is 2.23. The van der Waals surface area contributed by atoms with E-state index in [4.69, 9.17) is 0 Å². The molecule has 1 aliphatic heterocycles. The number of nitrogens with zero attached hydrogens (tertiary/aromatic N) is 5. The fourth-order valence-electron chi connectivity index (χ4n) is 3.18. The van der Waals surface area contributed by atoms with E-state index >= 15 is 0 Å². The van der Waals surface area contributed by atoms with Crippen molar-refractivity contribution in [3.05, 3.63) is 36.2 Å². The second kappa shape index (κ2) is 6.98. The molecule has 118 valence electrons. The lowest BCUT2D eigenvalue weighted by molar-refractivity contribution is 0.0178.